The third-order valence-electron chi connectivity index (χ3n) is 5.85. The van der Waals surface area contributed by atoms with Crippen LogP contribution < -0.4 is 0 Å². The molecule has 5 rings (SSSR count). The molecule has 1 N–H and O–H groups in total. The first-order valence-electron chi connectivity index (χ1n) is 10.5. The molecule has 0 bridgehead atoms. The highest BCUT2D eigenvalue weighted by atomic mass is 16.3. The third-order valence-corrected chi connectivity index (χ3v) is 5.85. The number of carbonyl (C=O) groups is 1. The zero-order valence-corrected chi connectivity index (χ0v) is 17.3. The van der Waals surface area contributed by atoms with E-state index in [4.69, 9.17) is 9.40 Å². The minimum Gasteiger partial charge on any atom is -0.453 e. The standard InChI is InChI=1S/C23H25N5O2/c1-27(2)20(29)11-9-16-8-10-19(30-16)23-26-18-14-25-22-17(12-13-24-22)21(18)28(23)15-6-4-3-5-7-15/h8-15H,3-7H2,1-2H3,(H,24,25). The second kappa shape index (κ2) is 7.48. The largest absolute Gasteiger partial charge is 0.453 e. The molecule has 7 nitrogen and oxygen atoms in total. The molecule has 4 aromatic rings. The number of likely N-dealkylation sites (N-methyl/N-ethyl adjacent to an activating group) is 1. The van der Waals surface area contributed by atoms with E-state index in [1.165, 1.54) is 30.2 Å². The summed E-state index contributed by atoms with van der Waals surface area (Å²) in [4.78, 5) is 26.0. The molecule has 1 fully saturated rings. The Morgan fingerprint density at radius 3 is 2.87 bits per heavy atom. The molecule has 1 amide bonds. The van der Waals surface area contributed by atoms with E-state index >= 15 is 0 Å². The van der Waals surface area contributed by atoms with E-state index in [1.807, 2.05) is 24.5 Å². The van der Waals surface area contributed by atoms with Crippen LogP contribution in [0.1, 0.15) is 43.9 Å². The lowest BCUT2D eigenvalue weighted by atomic mass is 9.95. The van der Waals surface area contributed by atoms with Crippen molar-refractivity contribution < 1.29 is 9.21 Å². The van der Waals surface area contributed by atoms with Gasteiger partial charge in [-0.05, 0) is 37.1 Å². The van der Waals surface area contributed by atoms with Crippen LogP contribution in [0, 0.1) is 0 Å². The average Bonchev–Trinajstić information content (AvgIpc) is 3.49. The first-order valence-corrected chi connectivity index (χ1v) is 10.5. The van der Waals surface area contributed by atoms with Crippen molar-refractivity contribution in [2.75, 3.05) is 14.1 Å². The number of fused-ring (bicyclic) bond motifs is 3. The molecular formula is C23H25N5O2. The molecule has 0 radical (unpaired) electrons. The summed E-state index contributed by atoms with van der Waals surface area (Å²) in [5.74, 6) is 2.08. The maximum atomic E-state index is 11.8. The number of pyridine rings is 1. The van der Waals surface area contributed by atoms with Gasteiger partial charge < -0.3 is 18.9 Å². The second-order valence-corrected chi connectivity index (χ2v) is 8.10. The van der Waals surface area contributed by atoms with Gasteiger partial charge in [-0.1, -0.05) is 19.3 Å². The van der Waals surface area contributed by atoms with Crippen molar-refractivity contribution in [3.8, 4) is 11.6 Å². The molecule has 0 spiro atoms. The Morgan fingerprint density at radius 1 is 1.23 bits per heavy atom. The van der Waals surface area contributed by atoms with Crippen molar-refractivity contribution in [2.24, 2.45) is 0 Å². The summed E-state index contributed by atoms with van der Waals surface area (Å²) < 4.78 is 8.44. The minimum absolute atomic E-state index is 0.0803. The minimum atomic E-state index is -0.0803. The number of amides is 1. The van der Waals surface area contributed by atoms with Gasteiger partial charge in [0.15, 0.2) is 11.6 Å². The van der Waals surface area contributed by atoms with E-state index in [2.05, 4.69) is 20.6 Å². The number of nitrogens with one attached hydrogen (secondary N) is 1. The number of rotatable bonds is 4. The van der Waals surface area contributed by atoms with Gasteiger partial charge in [-0.25, -0.2) is 9.97 Å². The van der Waals surface area contributed by atoms with Crippen LogP contribution in [-0.2, 0) is 4.79 Å². The summed E-state index contributed by atoms with van der Waals surface area (Å²) >= 11 is 0. The summed E-state index contributed by atoms with van der Waals surface area (Å²) in [7, 11) is 3.45. The van der Waals surface area contributed by atoms with Crippen molar-refractivity contribution in [2.45, 2.75) is 38.1 Å². The Hall–Kier alpha value is -3.35. The fourth-order valence-corrected chi connectivity index (χ4v) is 4.33. The zero-order chi connectivity index (χ0) is 20.7. The monoisotopic (exact) mass is 403 g/mol. The predicted molar refractivity (Wildman–Crippen MR) is 117 cm³/mol. The van der Waals surface area contributed by atoms with Crippen LogP contribution in [0.15, 0.2) is 41.1 Å². The van der Waals surface area contributed by atoms with E-state index in [0.717, 1.165) is 40.7 Å². The Kier molecular flexibility index (Phi) is 4.65. The van der Waals surface area contributed by atoms with Crippen LogP contribution in [0.4, 0.5) is 0 Å². The lowest BCUT2D eigenvalue weighted by molar-refractivity contribution is -0.123. The lowest BCUT2D eigenvalue weighted by Crippen LogP contribution is -2.18. The number of aromatic nitrogens is 4. The Bertz CT molecular complexity index is 1240. The highest BCUT2D eigenvalue weighted by Gasteiger charge is 2.25. The number of carbonyl (C=O) groups excluding carboxylic acids is 1. The van der Waals surface area contributed by atoms with E-state index < -0.39 is 0 Å². The van der Waals surface area contributed by atoms with Gasteiger partial charge in [-0.15, -0.1) is 0 Å². The molecule has 0 saturated heterocycles. The van der Waals surface area contributed by atoms with Gasteiger partial charge >= 0.3 is 0 Å². The van der Waals surface area contributed by atoms with Crippen LogP contribution in [0.25, 0.3) is 39.7 Å². The fourth-order valence-electron chi connectivity index (χ4n) is 4.33. The fraction of sp³-hybridized carbons (Fsp3) is 0.348. The summed E-state index contributed by atoms with van der Waals surface area (Å²) in [5, 5.41) is 1.08. The number of hydrogen-bond donors (Lipinski definition) is 1. The number of furan rings is 1. The van der Waals surface area contributed by atoms with Crippen LogP contribution >= 0.6 is 0 Å². The number of imidazole rings is 1. The van der Waals surface area contributed by atoms with Crippen LogP contribution in [0.3, 0.4) is 0 Å². The molecule has 4 heterocycles. The van der Waals surface area contributed by atoms with Gasteiger partial charge in [-0.2, -0.15) is 0 Å². The SMILES string of the molecule is CN(C)C(=O)C=Cc1ccc(-c2nc3cnc4[nH]ccc4c3n2C2CCCCC2)o1. The second-order valence-electron chi connectivity index (χ2n) is 8.10. The van der Waals surface area contributed by atoms with Gasteiger partial charge in [0, 0.05) is 37.8 Å². The molecule has 30 heavy (non-hydrogen) atoms. The van der Waals surface area contributed by atoms with Crippen LogP contribution in [-0.4, -0.2) is 44.4 Å². The summed E-state index contributed by atoms with van der Waals surface area (Å²) in [6, 6.07) is 6.27. The van der Waals surface area contributed by atoms with Gasteiger partial charge in [-0.3, -0.25) is 4.79 Å². The molecule has 154 valence electrons. The van der Waals surface area contributed by atoms with Crippen LogP contribution in [0.5, 0.6) is 0 Å². The Balaban J connectivity index is 1.63. The van der Waals surface area contributed by atoms with Gasteiger partial charge in [0.1, 0.15) is 16.9 Å². The molecule has 0 aromatic carbocycles. The summed E-state index contributed by atoms with van der Waals surface area (Å²) in [6.07, 6.45) is 13.0. The molecule has 1 aliphatic carbocycles. The van der Waals surface area contributed by atoms with Crippen molar-refractivity contribution in [1.29, 1.82) is 0 Å². The number of hydrogen-bond acceptors (Lipinski definition) is 4. The molecule has 0 aliphatic heterocycles. The lowest BCUT2D eigenvalue weighted by Gasteiger charge is -2.25. The number of nitrogens with zero attached hydrogens (tertiary/aromatic N) is 4. The number of aromatic amines is 1. The normalized spacial score (nSPS) is 15.5. The topological polar surface area (TPSA) is 80.0 Å². The summed E-state index contributed by atoms with van der Waals surface area (Å²) in [5.41, 5.74) is 2.86. The van der Waals surface area contributed by atoms with Crippen molar-refractivity contribution in [3.63, 3.8) is 0 Å². The number of H-pyrrole nitrogens is 1. The molecule has 0 atom stereocenters. The van der Waals surface area contributed by atoms with Crippen molar-refractivity contribution >= 4 is 34.1 Å². The van der Waals surface area contributed by atoms with Gasteiger partial charge in [0.25, 0.3) is 0 Å². The zero-order valence-electron chi connectivity index (χ0n) is 17.3. The Labute approximate surface area is 174 Å². The first-order chi connectivity index (χ1) is 14.6. The predicted octanol–water partition coefficient (Wildman–Crippen LogP) is 4.78. The van der Waals surface area contributed by atoms with E-state index in [-0.39, 0.29) is 5.91 Å². The quantitative estimate of drug-likeness (QED) is 0.497. The van der Waals surface area contributed by atoms with E-state index in [9.17, 15) is 4.79 Å². The highest BCUT2D eigenvalue weighted by molar-refractivity contribution is 6.02. The van der Waals surface area contributed by atoms with E-state index in [0.29, 0.717) is 17.6 Å². The molecule has 1 saturated carbocycles. The Morgan fingerprint density at radius 2 is 2.07 bits per heavy atom. The first kappa shape index (κ1) is 18.7. The molecule has 4 aromatic heterocycles. The maximum Gasteiger partial charge on any atom is 0.246 e. The van der Waals surface area contributed by atoms with Crippen molar-refractivity contribution in [3.05, 3.63) is 42.4 Å². The maximum absolute atomic E-state index is 11.8. The van der Waals surface area contributed by atoms with Crippen LogP contribution in [0.2, 0.25) is 0 Å². The molecule has 7 heteroatoms. The average molecular weight is 403 g/mol. The molecular weight excluding hydrogens is 378 g/mol. The molecule has 0 unspecified atom stereocenters. The van der Waals surface area contributed by atoms with E-state index in [1.54, 1.807) is 20.2 Å². The summed E-state index contributed by atoms with van der Waals surface area (Å²) in [6.45, 7) is 0. The third kappa shape index (κ3) is 3.20. The highest BCUT2D eigenvalue weighted by Crippen LogP contribution is 2.38. The smallest absolute Gasteiger partial charge is 0.246 e. The van der Waals surface area contributed by atoms with Gasteiger partial charge in [0.05, 0.1) is 11.7 Å². The van der Waals surface area contributed by atoms with Crippen molar-refractivity contribution in [1.82, 2.24) is 24.4 Å². The van der Waals surface area contributed by atoms with Gasteiger partial charge in [0.2, 0.25) is 5.91 Å². The molecule has 1 aliphatic rings.